The highest BCUT2D eigenvalue weighted by molar-refractivity contribution is 6.05. The van der Waals surface area contributed by atoms with Gasteiger partial charge in [0.1, 0.15) is 0 Å². The maximum Gasteiger partial charge on any atom is 0.236 e. The molecular formula is C11H17N5O2. The molecule has 1 aliphatic heterocycles. The molecule has 0 spiro atoms. The Balaban J connectivity index is 2.20. The Morgan fingerprint density at radius 2 is 2.06 bits per heavy atom. The molecule has 18 heavy (non-hydrogen) atoms. The minimum absolute atomic E-state index is 0.105. The molecule has 1 aromatic heterocycles. The number of hydrogen-bond donors (Lipinski definition) is 0. The van der Waals surface area contributed by atoms with E-state index in [4.69, 9.17) is 0 Å². The molecule has 0 bridgehead atoms. The van der Waals surface area contributed by atoms with Gasteiger partial charge in [-0.05, 0) is 18.1 Å². The van der Waals surface area contributed by atoms with Crippen molar-refractivity contribution in [2.75, 3.05) is 0 Å². The molecule has 1 saturated heterocycles. The Labute approximate surface area is 105 Å². The highest BCUT2D eigenvalue weighted by Gasteiger charge is 2.50. The lowest BCUT2D eigenvalue weighted by atomic mass is 9.78. The second-order valence-electron chi connectivity index (χ2n) is 5.23. The highest BCUT2D eigenvalue weighted by Crippen LogP contribution is 2.39. The average Bonchev–Trinajstić information content (AvgIpc) is 2.78. The van der Waals surface area contributed by atoms with Crippen LogP contribution in [0.15, 0.2) is 0 Å². The Hall–Kier alpha value is -1.79. The van der Waals surface area contributed by atoms with E-state index in [0.29, 0.717) is 5.82 Å². The van der Waals surface area contributed by atoms with Crippen LogP contribution in [-0.4, -0.2) is 36.9 Å². The van der Waals surface area contributed by atoms with Crippen molar-refractivity contribution >= 4 is 11.8 Å². The Bertz CT molecular complexity index is 495. The van der Waals surface area contributed by atoms with E-state index >= 15 is 0 Å². The zero-order valence-electron chi connectivity index (χ0n) is 11.0. The number of hydrogen-bond acceptors (Lipinski definition) is 5. The Kier molecular flexibility index (Phi) is 2.92. The lowest BCUT2D eigenvalue weighted by molar-refractivity contribution is -0.142. The maximum atomic E-state index is 12.3. The molecule has 1 atom stereocenters. The molecule has 0 aliphatic carbocycles. The molecule has 0 N–H and O–H groups in total. The maximum absolute atomic E-state index is 12.3. The van der Waals surface area contributed by atoms with E-state index in [-0.39, 0.29) is 30.7 Å². The number of nitrogens with zero attached hydrogens (tertiary/aromatic N) is 5. The fraction of sp³-hybridized carbons (Fsp3) is 0.727. The molecule has 2 amide bonds. The predicted octanol–water partition coefficient (Wildman–Crippen LogP) is 0.131. The SMILES string of the molecule is CC(C)[C@]1(C)CC(=O)N(Cc2nnn(C)n2)C1=O. The summed E-state index contributed by atoms with van der Waals surface area (Å²) in [4.78, 5) is 26.8. The largest absolute Gasteiger partial charge is 0.274 e. The van der Waals surface area contributed by atoms with Crippen LogP contribution in [-0.2, 0) is 23.2 Å². The first-order valence-electron chi connectivity index (χ1n) is 5.92. The molecule has 1 fully saturated rings. The van der Waals surface area contributed by atoms with Gasteiger partial charge >= 0.3 is 0 Å². The van der Waals surface area contributed by atoms with Gasteiger partial charge < -0.3 is 0 Å². The van der Waals surface area contributed by atoms with Crippen LogP contribution in [0.4, 0.5) is 0 Å². The first-order valence-corrected chi connectivity index (χ1v) is 5.92. The summed E-state index contributed by atoms with van der Waals surface area (Å²) < 4.78 is 0. The van der Waals surface area contributed by atoms with Crippen LogP contribution in [0.2, 0.25) is 0 Å². The van der Waals surface area contributed by atoms with E-state index in [2.05, 4.69) is 15.4 Å². The standard InChI is InChI=1S/C11H17N5O2/c1-7(2)11(3)5-9(17)16(10(11)18)6-8-12-14-15(4)13-8/h7H,5-6H2,1-4H3/t11-/m0/s1. The Morgan fingerprint density at radius 3 is 2.50 bits per heavy atom. The normalized spacial score (nSPS) is 24.4. The average molecular weight is 251 g/mol. The second-order valence-corrected chi connectivity index (χ2v) is 5.23. The van der Waals surface area contributed by atoms with Crippen molar-refractivity contribution in [2.24, 2.45) is 18.4 Å². The van der Waals surface area contributed by atoms with Gasteiger partial charge in [-0.3, -0.25) is 14.5 Å². The van der Waals surface area contributed by atoms with Crippen molar-refractivity contribution in [3.63, 3.8) is 0 Å². The van der Waals surface area contributed by atoms with Crippen LogP contribution < -0.4 is 0 Å². The molecule has 0 saturated carbocycles. The minimum atomic E-state index is -0.612. The molecule has 0 aromatic carbocycles. The third kappa shape index (κ3) is 1.89. The minimum Gasteiger partial charge on any atom is -0.274 e. The summed E-state index contributed by atoms with van der Waals surface area (Å²) in [7, 11) is 1.64. The zero-order valence-corrected chi connectivity index (χ0v) is 11.0. The topological polar surface area (TPSA) is 81.0 Å². The molecule has 7 heteroatoms. The van der Waals surface area contributed by atoms with Gasteiger partial charge in [0, 0.05) is 6.42 Å². The number of carbonyl (C=O) groups is 2. The molecule has 0 unspecified atom stereocenters. The summed E-state index contributed by atoms with van der Waals surface area (Å²) in [5.41, 5.74) is -0.612. The number of rotatable bonds is 3. The molecule has 0 radical (unpaired) electrons. The van der Waals surface area contributed by atoms with Crippen LogP contribution in [0.1, 0.15) is 33.0 Å². The smallest absolute Gasteiger partial charge is 0.236 e. The van der Waals surface area contributed by atoms with Crippen molar-refractivity contribution in [3.8, 4) is 0 Å². The van der Waals surface area contributed by atoms with Gasteiger partial charge in [-0.15, -0.1) is 10.2 Å². The Morgan fingerprint density at radius 1 is 1.39 bits per heavy atom. The van der Waals surface area contributed by atoms with Crippen molar-refractivity contribution in [2.45, 2.75) is 33.7 Å². The summed E-state index contributed by atoms with van der Waals surface area (Å²) in [6.07, 6.45) is 0.254. The monoisotopic (exact) mass is 251 g/mol. The van der Waals surface area contributed by atoms with Gasteiger partial charge in [-0.1, -0.05) is 13.8 Å². The van der Waals surface area contributed by atoms with E-state index in [1.807, 2.05) is 20.8 Å². The van der Waals surface area contributed by atoms with Crippen molar-refractivity contribution in [1.82, 2.24) is 25.1 Å². The van der Waals surface area contributed by atoms with Gasteiger partial charge in [-0.25, -0.2) is 0 Å². The molecule has 7 nitrogen and oxygen atoms in total. The van der Waals surface area contributed by atoms with Crippen LogP contribution in [0.25, 0.3) is 0 Å². The third-order valence-electron chi connectivity index (χ3n) is 3.68. The summed E-state index contributed by atoms with van der Waals surface area (Å²) in [5.74, 6) is 0.194. The fourth-order valence-electron chi connectivity index (χ4n) is 2.05. The van der Waals surface area contributed by atoms with Crippen molar-refractivity contribution in [3.05, 3.63) is 5.82 Å². The fourth-order valence-corrected chi connectivity index (χ4v) is 2.05. The van der Waals surface area contributed by atoms with Crippen LogP contribution in [0.5, 0.6) is 0 Å². The molecule has 2 heterocycles. The highest BCUT2D eigenvalue weighted by atomic mass is 16.2. The zero-order chi connectivity index (χ0) is 13.5. The van der Waals surface area contributed by atoms with E-state index in [0.717, 1.165) is 0 Å². The molecule has 2 rings (SSSR count). The van der Waals surface area contributed by atoms with E-state index in [1.165, 1.54) is 9.70 Å². The number of likely N-dealkylation sites (tertiary alicyclic amines) is 1. The number of aromatic nitrogens is 4. The first kappa shape index (κ1) is 12.7. The summed E-state index contributed by atoms with van der Waals surface area (Å²) >= 11 is 0. The van der Waals surface area contributed by atoms with Crippen LogP contribution in [0, 0.1) is 11.3 Å². The van der Waals surface area contributed by atoms with Gasteiger partial charge in [-0.2, -0.15) is 4.80 Å². The lowest BCUT2D eigenvalue weighted by Gasteiger charge is -2.25. The number of tetrazole rings is 1. The number of imide groups is 1. The summed E-state index contributed by atoms with van der Waals surface area (Å²) in [6.45, 7) is 5.85. The predicted molar refractivity (Wildman–Crippen MR) is 61.9 cm³/mol. The van der Waals surface area contributed by atoms with Crippen LogP contribution >= 0.6 is 0 Å². The number of amides is 2. The molecule has 1 aromatic rings. The number of carbonyl (C=O) groups excluding carboxylic acids is 2. The van der Waals surface area contributed by atoms with Gasteiger partial charge in [0.2, 0.25) is 11.8 Å². The summed E-state index contributed by atoms with van der Waals surface area (Å²) in [6, 6.07) is 0. The lowest BCUT2D eigenvalue weighted by Crippen LogP contribution is -2.36. The molecular weight excluding hydrogens is 234 g/mol. The van der Waals surface area contributed by atoms with Gasteiger partial charge in [0.05, 0.1) is 19.0 Å². The van der Waals surface area contributed by atoms with Gasteiger partial charge in [0.25, 0.3) is 0 Å². The van der Waals surface area contributed by atoms with Gasteiger partial charge in [0.15, 0.2) is 5.82 Å². The van der Waals surface area contributed by atoms with Crippen molar-refractivity contribution in [1.29, 1.82) is 0 Å². The third-order valence-corrected chi connectivity index (χ3v) is 3.68. The molecule has 98 valence electrons. The van der Waals surface area contributed by atoms with Crippen molar-refractivity contribution < 1.29 is 9.59 Å². The second kappa shape index (κ2) is 4.15. The molecule has 1 aliphatic rings. The number of aryl methyl sites for hydroxylation is 1. The van der Waals surface area contributed by atoms with Crippen LogP contribution in [0.3, 0.4) is 0 Å². The first-order chi connectivity index (χ1) is 8.34. The summed E-state index contributed by atoms with van der Waals surface area (Å²) in [5, 5.41) is 11.5. The van der Waals surface area contributed by atoms with E-state index < -0.39 is 5.41 Å². The van der Waals surface area contributed by atoms with E-state index in [1.54, 1.807) is 7.05 Å². The van der Waals surface area contributed by atoms with E-state index in [9.17, 15) is 9.59 Å². The quantitative estimate of drug-likeness (QED) is 0.713.